The molecule has 1 rings (SSSR count). The summed E-state index contributed by atoms with van der Waals surface area (Å²) < 4.78 is 27.5. The minimum absolute atomic E-state index is 0.0584. The Hall–Kier alpha value is -0.540. The second-order valence-corrected chi connectivity index (χ2v) is 8.00. The predicted molar refractivity (Wildman–Crippen MR) is 81.4 cm³/mol. The van der Waals surface area contributed by atoms with E-state index in [-0.39, 0.29) is 19.4 Å². The van der Waals surface area contributed by atoms with Crippen molar-refractivity contribution in [3.8, 4) is 0 Å². The molecular weight excluding hydrogens is 345 g/mol. The Labute approximate surface area is 131 Å². The number of nitrogens with zero attached hydrogens (tertiary/aromatic N) is 1. The zero-order valence-electron chi connectivity index (χ0n) is 10.9. The van der Waals surface area contributed by atoms with Gasteiger partial charge in [0.15, 0.2) is 5.84 Å². The number of hydrogen-bond donors (Lipinski definition) is 3. The van der Waals surface area contributed by atoms with Crippen molar-refractivity contribution in [3.05, 3.63) is 14.7 Å². The van der Waals surface area contributed by atoms with Gasteiger partial charge in [0.2, 0.25) is 10.0 Å². The lowest BCUT2D eigenvalue weighted by Crippen LogP contribution is -2.56. The number of nitrogens with two attached hydrogens (primary N) is 1. The first-order valence-electron chi connectivity index (χ1n) is 5.69. The van der Waals surface area contributed by atoms with Crippen LogP contribution >= 0.6 is 34.5 Å². The molecule has 0 aliphatic carbocycles. The van der Waals surface area contributed by atoms with Crippen molar-refractivity contribution >= 4 is 50.4 Å². The summed E-state index contributed by atoms with van der Waals surface area (Å²) >= 11 is 12.6. The fourth-order valence-corrected chi connectivity index (χ4v) is 5.40. The summed E-state index contributed by atoms with van der Waals surface area (Å²) in [5, 5.41) is 11.8. The summed E-state index contributed by atoms with van der Waals surface area (Å²) in [6.07, 6.45) is 0.627. The molecule has 6 nitrogen and oxygen atoms in total. The van der Waals surface area contributed by atoms with Crippen LogP contribution in [0.25, 0.3) is 0 Å². The Bertz CT molecular complexity index is 609. The average Bonchev–Trinajstić information content (AvgIpc) is 2.75. The molecule has 0 atom stereocenters. The Morgan fingerprint density at radius 3 is 2.40 bits per heavy atom. The van der Waals surface area contributed by atoms with Crippen LogP contribution in [0, 0.1) is 0 Å². The molecule has 1 aromatic heterocycles. The van der Waals surface area contributed by atoms with Gasteiger partial charge in [-0.2, -0.15) is 4.72 Å². The summed E-state index contributed by atoms with van der Waals surface area (Å²) in [6.45, 7) is 3.46. The van der Waals surface area contributed by atoms with E-state index in [1.54, 1.807) is 13.8 Å². The van der Waals surface area contributed by atoms with Crippen LogP contribution in [0.5, 0.6) is 0 Å². The largest absolute Gasteiger partial charge is 0.409 e. The van der Waals surface area contributed by atoms with Crippen LogP contribution in [-0.2, 0) is 10.0 Å². The van der Waals surface area contributed by atoms with E-state index in [0.717, 1.165) is 11.3 Å². The van der Waals surface area contributed by atoms with Gasteiger partial charge in [-0.3, -0.25) is 0 Å². The number of nitrogens with one attached hydrogen (secondary N) is 1. The van der Waals surface area contributed by atoms with E-state index in [9.17, 15) is 8.42 Å². The maximum absolute atomic E-state index is 12.4. The fraction of sp³-hybridized carbons (Fsp3) is 0.500. The van der Waals surface area contributed by atoms with E-state index in [2.05, 4.69) is 9.88 Å². The molecule has 0 fully saturated rings. The second-order valence-electron chi connectivity index (χ2n) is 4.07. The van der Waals surface area contributed by atoms with Gasteiger partial charge in [-0.05, 0) is 18.9 Å². The standard InChI is InChI=1S/C10H15Cl2N3O3S2/c1-3-10(4-2,9(13)14-16)15-20(17,18)6-5-7(11)19-8(6)12/h5,15-16H,3-4H2,1-2H3,(H2,13,14). The molecule has 0 spiro atoms. The van der Waals surface area contributed by atoms with Gasteiger partial charge in [-0.15, -0.1) is 11.3 Å². The molecule has 0 saturated carbocycles. The Kier molecular flexibility index (Phi) is 5.68. The molecular formula is C10H15Cl2N3O3S2. The quantitative estimate of drug-likeness (QED) is 0.314. The third-order valence-corrected chi connectivity index (χ3v) is 6.34. The first kappa shape index (κ1) is 17.5. The number of halogens is 2. The second kappa shape index (κ2) is 6.48. The number of sulfonamides is 1. The van der Waals surface area contributed by atoms with Gasteiger partial charge >= 0.3 is 0 Å². The Morgan fingerprint density at radius 1 is 1.50 bits per heavy atom. The molecule has 0 bridgehead atoms. The number of rotatable bonds is 6. The van der Waals surface area contributed by atoms with Crippen molar-refractivity contribution < 1.29 is 13.6 Å². The third kappa shape index (κ3) is 3.37. The van der Waals surface area contributed by atoms with Gasteiger partial charge in [0.25, 0.3) is 0 Å². The van der Waals surface area contributed by atoms with E-state index in [4.69, 9.17) is 34.1 Å². The van der Waals surface area contributed by atoms with Crippen LogP contribution in [0.1, 0.15) is 26.7 Å². The highest BCUT2D eigenvalue weighted by molar-refractivity contribution is 7.90. The van der Waals surface area contributed by atoms with Crippen molar-refractivity contribution in [1.29, 1.82) is 0 Å². The summed E-state index contributed by atoms with van der Waals surface area (Å²) in [5.74, 6) is -0.205. The van der Waals surface area contributed by atoms with Crippen LogP contribution < -0.4 is 10.5 Å². The molecule has 4 N–H and O–H groups in total. The van der Waals surface area contributed by atoms with E-state index >= 15 is 0 Å². The average molecular weight is 360 g/mol. The number of thiophene rings is 1. The monoisotopic (exact) mass is 359 g/mol. The molecule has 0 unspecified atom stereocenters. The third-order valence-electron chi connectivity index (χ3n) is 3.05. The Morgan fingerprint density at radius 2 is 2.05 bits per heavy atom. The molecule has 0 radical (unpaired) electrons. The first-order valence-corrected chi connectivity index (χ1v) is 8.74. The fourth-order valence-electron chi connectivity index (χ4n) is 1.73. The highest BCUT2D eigenvalue weighted by Crippen LogP contribution is 2.35. The van der Waals surface area contributed by atoms with Crippen molar-refractivity contribution in [2.75, 3.05) is 0 Å². The highest BCUT2D eigenvalue weighted by Gasteiger charge is 2.37. The lowest BCUT2D eigenvalue weighted by molar-refractivity contribution is 0.307. The van der Waals surface area contributed by atoms with Crippen molar-refractivity contribution in [3.63, 3.8) is 0 Å². The normalized spacial score (nSPS) is 13.7. The minimum atomic E-state index is -3.93. The number of hydrogen-bond acceptors (Lipinski definition) is 5. The van der Waals surface area contributed by atoms with Crippen LogP contribution in [-0.4, -0.2) is 25.0 Å². The molecule has 1 heterocycles. The van der Waals surface area contributed by atoms with Crippen LogP contribution in [0.2, 0.25) is 8.67 Å². The maximum atomic E-state index is 12.4. The highest BCUT2D eigenvalue weighted by atomic mass is 35.5. The van der Waals surface area contributed by atoms with Crippen LogP contribution in [0.3, 0.4) is 0 Å². The van der Waals surface area contributed by atoms with E-state index < -0.39 is 15.6 Å². The van der Waals surface area contributed by atoms with E-state index in [1.807, 2.05) is 0 Å². The molecule has 0 saturated heterocycles. The lowest BCUT2D eigenvalue weighted by Gasteiger charge is -2.30. The van der Waals surface area contributed by atoms with Gasteiger partial charge < -0.3 is 10.9 Å². The van der Waals surface area contributed by atoms with Crippen molar-refractivity contribution in [2.24, 2.45) is 10.9 Å². The molecule has 20 heavy (non-hydrogen) atoms. The van der Waals surface area contributed by atoms with E-state index in [0.29, 0.717) is 12.8 Å². The number of oxime groups is 1. The summed E-state index contributed by atoms with van der Waals surface area (Å²) in [5.41, 5.74) is 4.44. The van der Waals surface area contributed by atoms with Crippen molar-refractivity contribution in [1.82, 2.24) is 4.72 Å². The van der Waals surface area contributed by atoms with Gasteiger partial charge in [-0.25, -0.2) is 8.42 Å². The Balaban J connectivity index is 3.26. The zero-order chi connectivity index (χ0) is 15.6. The predicted octanol–water partition coefficient (Wildman–Crippen LogP) is 2.64. The minimum Gasteiger partial charge on any atom is -0.409 e. The maximum Gasteiger partial charge on any atom is 0.243 e. The molecule has 0 aliphatic rings. The smallest absolute Gasteiger partial charge is 0.243 e. The lowest BCUT2D eigenvalue weighted by atomic mass is 9.93. The number of amidine groups is 1. The van der Waals surface area contributed by atoms with Gasteiger partial charge in [0, 0.05) is 0 Å². The van der Waals surface area contributed by atoms with Crippen LogP contribution in [0.15, 0.2) is 16.1 Å². The van der Waals surface area contributed by atoms with E-state index in [1.165, 1.54) is 6.07 Å². The van der Waals surface area contributed by atoms with Gasteiger partial charge in [0.05, 0.1) is 9.88 Å². The molecule has 0 amide bonds. The molecule has 1 aromatic rings. The van der Waals surface area contributed by atoms with Gasteiger partial charge in [-0.1, -0.05) is 42.2 Å². The molecule has 114 valence electrons. The summed E-state index contributed by atoms with van der Waals surface area (Å²) in [7, 11) is -3.93. The zero-order valence-corrected chi connectivity index (χ0v) is 14.0. The first-order chi connectivity index (χ1) is 9.22. The van der Waals surface area contributed by atoms with Crippen molar-refractivity contribution in [2.45, 2.75) is 37.1 Å². The van der Waals surface area contributed by atoms with Crippen LogP contribution in [0.4, 0.5) is 0 Å². The molecule has 0 aromatic carbocycles. The summed E-state index contributed by atoms with van der Waals surface area (Å²) in [4.78, 5) is -0.119. The van der Waals surface area contributed by atoms with Gasteiger partial charge in [0.1, 0.15) is 9.23 Å². The molecule has 10 heteroatoms. The summed E-state index contributed by atoms with van der Waals surface area (Å²) in [6, 6.07) is 1.26. The topological polar surface area (TPSA) is 105 Å². The molecule has 0 aliphatic heterocycles. The SMILES string of the molecule is CCC(CC)(NS(=O)(=O)c1cc(Cl)sc1Cl)/C(N)=N/O.